The van der Waals surface area contributed by atoms with Crippen LogP contribution in [0.3, 0.4) is 0 Å². The van der Waals surface area contributed by atoms with E-state index in [9.17, 15) is 0 Å². The zero-order valence-corrected chi connectivity index (χ0v) is 13.1. The van der Waals surface area contributed by atoms with Gasteiger partial charge in [0.05, 0.1) is 6.61 Å². The summed E-state index contributed by atoms with van der Waals surface area (Å²) >= 11 is 3.25. The molecule has 0 saturated carbocycles. The van der Waals surface area contributed by atoms with E-state index in [-0.39, 0.29) is 5.41 Å². The Bertz CT molecular complexity index is 549. The Morgan fingerprint density at radius 2 is 2.05 bits per heavy atom. The standard InChI is InChI=1S/C13H17N3OS2/c1-5-17-10-6-11(16-8-15-10)19-12-14-7-9(18-12)13(2,3)4/h6-8H,5H2,1-4H3. The van der Waals surface area contributed by atoms with E-state index in [1.54, 1.807) is 23.1 Å². The third-order valence-corrected chi connectivity index (χ3v) is 4.75. The van der Waals surface area contributed by atoms with E-state index in [1.165, 1.54) is 11.2 Å². The van der Waals surface area contributed by atoms with Crippen LogP contribution in [0.2, 0.25) is 0 Å². The molecule has 0 amide bonds. The summed E-state index contributed by atoms with van der Waals surface area (Å²) in [4.78, 5) is 14.0. The van der Waals surface area contributed by atoms with Crippen molar-refractivity contribution in [2.24, 2.45) is 0 Å². The van der Waals surface area contributed by atoms with Gasteiger partial charge in [0, 0.05) is 17.1 Å². The fourth-order valence-electron chi connectivity index (χ4n) is 1.35. The van der Waals surface area contributed by atoms with Gasteiger partial charge in [0.25, 0.3) is 0 Å². The van der Waals surface area contributed by atoms with Gasteiger partial charge in [-0.15, -0.1) is 11.3 Å². The quantitative estimate of drug-likeness (QED) is 0.803. The van der Waals surface area contributed by atoms with E-state index in [2.05, 4.69) is 35.7 Å². The van der Waals surface area contributed by atoms with Crippen LogP contribution in [0.25, 0.3) is 0 Å². The maximum Gasteiger partial charge on any atom is 0.217 e. The lowest BCUT2D eigenvalue weighted by Crippen LogP contribution is -2.07. The van der Waals surface area contributed by atoms with Crippen LogP contribution in [0.5, 0.6) is 5.88 Å². The summed E-state index contributed by atoms with van der Waals surface area (Å²) in [5, 5.41) is 0.855. The average Bonchev–Trinajstić information content (AvgIpc) is 2.78. The molecule has 102 valence electrons. The Kier molecular flexibility index (Phi) is 4.42. The molecule has 0 bridgehead atoms. The first kappa shape index (κ1) is 14.3. The number of ether oxygens (including phenoxy) is 1. The topological polar surface area (TPSA) is 47.9 Å². The van der Waals surface area contributed by atoms with Crippen molar-refractivity contribution in [2.45, 2.75) is 42.5 Å². The molecule has 0 radical (unpaired) electrons. The first-order chi connectivity index (χ1) is 8.99. The number of thiazole rings is 1. The van der Waals surface area contributed by atoms with Crippen molar-refractivity contribution in [3.63, 3.8) is 0 Å². The fraction of sp³-hybridized carbons (Fsp3) is 0.462. The zero-order valence-electron chi connectivity index (χ0n) is 11.5. The van der Waals surface area contributed by atoms with Gasteiger partial charge in [-0.05, 0) is 24.1 Å². The number of rotatable bonds is 4. The Hall–Kier alpha value is -1.14. The van der Waals surface area contributed by atoms with Gasteiger partial charge in [-0.25, -0.2) is 15.0 Å². The minimum atomic E-state index is 0.138. The normalized spacial score (nSPS) is 11.6. The van der Waals surface area contributed by atoms with Gasteiger partial charge in [-0.2, -0.15) is 0 Å². The predicted octanol–water partition coefficient (Wildman–Crippen LogP) is 3.78. The highest BCUT2D eigenvalue weighted by atomic mass is 32.2. The Labute approximate surface area is 121 Å². The number of hydrogen-bond acceptors (Lipinski definition) is 6. The molecule has 19 heavy (non-hydrogen) atoms. The van der Waals surface area contributed by atoms with Crippen LogP contribution >= 0.6 is 23.1 Å². The summed E-state index contributed by atoms with van der Waals surface area (Å²) in [6.45, 7) is 9.10. The third kappa shape index (κ3) is 3.91. The molecule has 2 aromatic rings. The average molecular weight is 295 g/mol. The van der Waals surface area contributed by atoms with Gasteiger partial charge < -0.3 is 4.74 Å². The monoisotopic (exact) mass is 295 g/mol. The Morgan fingerprint density at radius 1 is 1.26 bits per heavy atom. The maximum atomic E-state index is 5.36. The van der Waals surface area contributed by atoms with Gasteiger partial charge in [0.2, 0.25) is 5.88 Å². The molecule has 2 rings (SSSR count). The molecule has 2 aromatic heterocycles. The summed E-state index contributed by atoms with van der Waals surface area (Å²) in [5.41, 5.74) is 0.138. The van der Waals surface area contributed by atoms with E-state index in [1.807, 2.05) is 19.2 Å². The van der Waals surface area contributed by atoms with Crippen LogP contribution in [0, 0.1) is 0 Å². The van der Waals surface area contributed by atoms with Gasteiger partial charge in [0.1, 0.15) is 11.4 Å². The molecule has 0 spiro atoms. The third-order valence-electron chi connectivity index (χ3n) is 2.32. The first-order valence-corrected chi connectivity index (χ1v) is 7.71. The highest BCUT2D eigenvalue weighted by Gasteiger charge is 2.17. The van der Waals surface area contributed by atoms with E-state index in [4.69, 9.17) is 4.74 Å². The van der Waals surface area contributed by atoms with Crippen LogP contribution in [0.15, 0.2) is 28.0 Å². The van der Waals surface area contributed by atoms with Crippen molar-refractivity contribution in [1.82, 2.24) is 15.0 Å². The van der Waals surface area contributed by atoms with Crippen LogP contribution < -0.4 is 4.74 Å². The summed E-state index contributed by atoms with van der Waals surface area (Å²) in [6.07, 6.45) is 3.46. The summed E-state index contributed by atoms with van der Waals surface area (Å²) in [5.74, 6) is 0.604. The first-order valence-electron chi connectivity index (χ1n) is 6.08. The highest BCUT2D eigenvalue weighted by Crippen LogP contribution is 2.35. The number of nitrogens with zero attached hydrogens (tertiary/aromatic N) is 3. The van der Waals surface area contributed by atoms with Crippen LogP contribution in [-0.2, 0) is 5.41 Å². The zero-order chi connectivity index (χ0) is 13.9. The molecule has 0 aliphatic rings. The van der Waals surface area contributed by atoms with Gasteiger partial charge in [-0.3, -0.25) is 0 Å². The van der Waals surface area contributed by atoms with Crippen molar-refractivity contribution in [1.29, 1.82) is 0 Å². The molecule has 6 heteroatoms. The van der Waals surface area contributed by atoms with E-state index < -0.39 is 0 Å². The van der Waals surface area contributed by atoms with E-state index in [0.717, 1.165) is 9.37 Å². The van der Waals surface area contributed by atoms with Gasteiger partial charge in [0.15, 0.2) is 4.34 Å². The largest absolute Gasteiger partial charge is 0.478 e. The molecule has 0 aromatic carbocycles. The molecule has 0 aliphatic heterocycles. The van der Waals surface area contributed by atoms with E-state index in [0.29, 0.717) is 12.5 Å². The molecule has 0 N–H and O–H groups in total. The number of hydrogen-bond donors (Lipinski definition) is 0. The Morgan fingerprint density at radius 3 is 2.68 bits per heavy atom. The van der Waals surface area contributed by atoms with Crippen molar-refractivity contribution >= 4 is 23.1 Å². The van der Waals surface area contributed by atoms with Crippen LogP contribution in [0.1, 0.15) is 32.6 Å². The number of aromatic nitrogens is 3. The molecule has 0 fully saturated rings. The van der Waals surface area contributed by atoms with Crippen molar-refractivity contribution in [3.05, 3.63) is 23.5 Å². The summed E-state index contributed by atoms with van der Waals surface area (Å²) in [7, 11) is 0. The minimum absolute atomic E-state index is 0.138. The van der Waals surface area contributed by atoms with Gasteiger partial charge in [-0.1, -0.05) is 20.8 Å². The smallest absolute Gasteiger partial charge is 0.217 e. The molecule has 0 aliphatic carbocycles. The maximum absolute atomic E-state index is 5.36. The highest BCUT2D eigenvalue weighted by molar-refractivity contribution is 8.01. The van der Waals surface area contributed by atoms with E-state index >= 15 is 0 Å². The lowest BCUT2D eigenvalue weighted by molar-refractivity contribution is 0.325. The molecule has 0 unspecified atom stereocenters. The van der Waals surface area contributed by atoms with Crippen LogP contribution in [-0.4, -0.2) is 21.6 Å². The molecule has 4 nitrogen and oxygen atoms in total. The summed E-state index contributed by atoms with van der Waals surface area (Å²) in [6, 6.07) is 1.84. The molecular weight excluding hydrogens is 278 g/mol. The molecule has 2 heterocycles. The lowest BCUT2D eigenvalue weighted by Gasteiger charge is -2.14. The molecule has 0 atom stereocenters. The predicted molar refractivity (Wildman–Crippen MR) is 78.1 cm³/mol. The SMILES string of the molecule is CCOc1cc(Sc2ncc(C(C)(C)C)s2)ncn1. The minimum Gasteiger partial charge on any atom is -0.478 e. The molecule has 0 saturated heterocycles. The second kappa shape index (κ2) is 5.88. The second-order valence-electron chi connectivity index (χ2n) is 4.97. The van der Waals surface area contributed by atoms with Crippen molar-refractivity contribution < 1.29 is 4.74 Å². The molecular formula is C13H17N3OS2. The lowest BCUT2D eigenvalue weighted by atomic mass is 9.96. The summed E-state index contributed by atoms with van der Waals surface area (Å²) < 4.78 is 6.35. The van der Waals surface area contributed by atoms with Crippen molar-refractivity contribution in [3.8, 4) is 5.88 Å². The van der Waals surface area contributed by atoms with Crippen molar-refractivity contribution in [2.75, 3.05) is 6.61 Å². The fourth-order valence-corrected chi connectivity index (χ4v) is 3.29. The van der Waals surface area contributed by atoms with Crippen LogP contribution in [0.4, 0.5) is 0 Å². The Balaban J connectivity index is 2.12. The second-order valence-corrected chi connectivity index (χ2v) is 7.27. The van der Waals surface area contributed by atoms with Gasteiger partial charge >= 0.3 is 0 Å².